The number of likely N-dealkylation sites (tertiary alicyclic amines) is 1. The number of carbonyl (C=O) groups excluding carboxylic acids is 2. The van der Waals surface area contributed by atoms with Crippen LogP contribution in [-0.2, 0) is 14.3 Å². The molecule has 0 radical (unpaired) electrons. The van der Waals surface area contributed by atoms with Gasteiger partial charge in [-0.15, -0.1) is 23.4 Å². The minimum absolute atomic E-state index is 0.0287. The molecule has 0 spiro atoms. The fourth-order valence-electron chi connectivity index (χ4n) is 6.71. The molecule has 0 aromatic heterocycles. The summed E-state index contributed by atoms with van der Waals surface area (Å²) in [5.74, 6) is 0.597. The van der Waals surface area contributed by atoms with E-state index in [0.29, 0.717) is 24.4 Å². The van der Waals surface area contributed by atoms with Crippen molar-refractivity contribution < 1.29 is 14.3 Å². The second-order valence-corrected chi connectivity index (χ2v) is 12.9. The molecule has 5 rings (SSSR count). The standard InChI is InChI=1S/C24H41ClN6O3S/c1-13-7-15(16-8-14(25)9-28-22(16)34-2)17(10-27-13)21(32)30-24-29-19-11-31(12-20(19)35-24)23(33)18-5-3-4-6-26-18/h13-20,22,24,26-29H,3-12H2,1-2H3,(H,30,32). The van der Waals surface area contributed by atoms with E-state index < -0.39 is 0 Å². The maximum Gasteiger partial charge on any atom is 0.239 e. The molecule has 10 atom stereocenters. The van der Waals surface area contributed by atoms with E-state index >= 15 is 0 Å². The van der Waals surface area contributed by atoms with Crippen molar-refractivity contribution in [2.24, 2.45) is 17.8 Å². The van der Waals surface area contributed by atoms with Crippen molar-refractivity contribution >= 4 is 35.2 Å². The molecule has 5 saturated heterocycles. The molecule has 9 nitrogen and oxygen atoms in total. The fourth-order valence-corrected chi connectivity index (χ4v) is 8.41. The van der Waals surface area contributed by atoms with Crippen LogP contribution >= 0.6 is 23.4 Å². The van der Waals surface area contributed by atoms with Gasteiger partial charge in [0.05, 0.1) is 12.0 Å². The number of rotatable bonds is 5. The van der Waals surface area contributed by atoms with E-state index in [9.17, 15) is 9.59 Å². The third-order valence-electron chi connectivity index (χ3n) is 8.56. The number of ether oxygens (including phenoxy) is 1. The Balaban J connectivity index is 1.16. The van der Waals surface area contributed by atoms with Crippen LogP contribution in [0.5, 0.6) is 0 Å². The zero-order valence-corrected chi connectivity index (χ0v) is 22.4. The SMILES string of the molecule is COC1NCC(Cl)CC1C1CC(C)NCC1C(=O)NC1NC2CN(C(=O)C3CCCCN3)CC2S1. The Bertz CT molecular complexity index is 760. The summed E-state index contributed by atoms with van der Waals surface area (Å²) >= 11 is 8.26. The zero-order valence-electron chi connectivity index (χ0n) is 20.8. The van der Waals surface area contributed by atoms with Crippen molar-refractivity contribution in [3.05, 3.63) is 0 Å². The van der Waals surface area contributed by atoms with Gasteiger partial charge in [0.1, 0.15) is 11.7 Å². The number of amides is 2. The maximum atomic E-state index is 13.5. The van der Waals surface area contributed by atoms with Crippen molar-refractivity contribution in [3.8, 4) is 0 Å². The molecule has 11 heteroatoms. The normalized spacial score (nSPS) is 44.1. The lowest BCUT2D eigenvalue weighted by atomic mass is 9.71. The predicted molar refractivity (Wildman–Crippen MR) is 138 cm³/mol. The molecule has 0 aromatic carbocycles. The molecular weight excluding hydrogens is 488 g/mol. The highest BCUT2D eigenvalue weighted by Gasteiger charge is 2.47. The van der Waals surface area contributed by atoms with E-state index in [1.807, 2.05) is 4.90 Å². The van der Waals surface area contributed by atoms with Gasteiger partial charge in [0.25, 0.3) is 0 Å². The summed E-state index contributed by atoms with van der Waals surface area (Å²) in [4.78, 5) is 28.4. The van der Waals surface area contributed by atoms with Crippen LogP contribution in [0.4, 0.5) is 0 Å². The highest BCUT2D eigenvalue weighted by Crippen LogP contribution is 2.38. The number of methoxy groups -OCH3 is 1. The van der Waals surface area contributed by atoms with Crippen LogP contribution < -0.4 is 26.6 Å². The van der Waals surface area contributed by atoms with Gasteiger partial charge in [-0.05, 0) is 45.1 Å². The van der Waals surface area contributed by atoms with Gasteiger partial charge in [-0.1, -0.05) is 6.42 Å². The van der Waals surface area contributed by atoms with Gasteiger partial charge in [0.15, 0.2) is 0 Å². The number of thioether (sulfide) groups is 1. The van der Waals surface area contributed by atoms with Gasteiger partial charge < -0.3 is 25.6 Å². The number of fused-ring (bicyclic) bond motifs is 1. The van der Waals surface area contributed by atoms with Crippen LogP contribution in [0.15, 0.2) is 0 Å². The molecule has 0 aliphatic carbocycles. The van der Waals surface area contributed by atoms with Gasteiger partial charge in [0, 0.05) is 61.9 Å². The van der Waals surface area contributed by atoms with E-state index in [-0.39, 0.29) is 58.8 Å². The summed E-state index contributed by atoms with van der Waals surface area (Å²) in [6, 6.07) is 0.548. The average molecular weight is 529 g/mol. The Hall–Kier alpha value is -0.620. The van der Waals surface area contributed by atoms with Crippen molar-refractivity contribution in [1.82, 2.24) is 31.5 Å². The van der Waals surface area contributed by atoms with E-state index in [0.717, 1.165) is 51.7 Å². The molecular formula is C24H41ClN6O3S. The number of hydrogen-bond acceptors (Lipinski definition) is 8. The molecule has 198 valence electrons. The summed E-state index contributed by atoms with van der Waals surface area (Å²) in [6.07, 6.45) is 4.92. The summed E-state index contributed by atoms with van der Waals surface area (Å²) < 4.78 is 5.75. The topological polar surface area (TPSA) is 107 Å². The molecule has 5 aliphatic rings. The first kappa shape index (κ1) is 26.0. The molecule has 35 heavy (non-hydrogen) atoms. The van der Waals surface area contributed by atoms with Crippen LogP contribution in [0.25, 0.3) is 0 Å². The molecule has 5 aliphatic heterocycles. The number of nitrogens with one attached hydrogen (secondary N) is 5. The minimum atomic E-state index is -0.129. The summed E-state index contributed by atoms with van der Waals surface area (Å²) in [5.41, 5.74) is -0.119. The number of carbonyl (C=O) groups is 2. The van der Waals surface area contributed by atoms with E-state index in [1.54, 1.807) is 18.9 Å². The lowest BCUT2D eigenvalue weighted by Crippen LogP contribution is -2.58. The van der Waals surface area contributed by atoms with Crippen LogP contribution in [0.2, 0.25) is 0 Å². The van der Waals surface area contributed by atoms with E-state index in [1.165, 1.54) is 0 Å². The monoisotopic (exact) mass is 528 g/mol. The second-order valence-electron chi connectivity index (χ2n) is 11.0. The Morgan fingerprint density at radius 1 is 1.09 bits per heavy atom. The molecule has 0 aromatic rings. The Morgan fingerprint density at radius 2 is 1.94 bits per heavy atom. The summed E-state index contributed by atoms with van der Waals surface area (Å²) in [7, 11) is 1.73. The predicted octanol–water partition coefficient (Wildman–Crippen LogP) is 0.248. The molecule has 0 bridgehead atoms. The zero-order chi connectivity index (χ0) is 24.5. The largest absolute Gasteiger partial charge is 0.366 e. The molecule has 10 unspecified atom stereocenters. The smallest absolute Gasteiger partial charge is 0.239 e. The Labute approximate surface area is 217 Å². The second kappa shape index (κ2) is 11.4. The number of hydrogen-bond donors (Lipinski definition) is 5. The van der Waals surface area contributed by atoms with Gasteiger partial charge in [-0.3, -0.25) is 20.2 Å². The van der Waals surface area contributed by atoms with E-state index in [2.05, 4.69) is 33.5 Å². The lowest BCUT2D eigenvalue weighted by molar-refractivity contribution is -0.133. The van der Waals surface area contributed by atoms with Gasteiger partial charge in [-0.2, -0.15) is 0 Å². The van der Waals surface area contributed by atoms with Crippen LogP contribution in [0.1, 0.15) is 39.0 Å². The quantitative estimate of drug-likeness (QED) is 0.323. The first-order valence-electron chi connectivity index (χ1n) is 13.3. The Kier molecular flexibility index (Phi) is 8.48. The molecule has 5 heterocycles. The van der Waals surface area contributed by atoms with Crippen LogP contribution in [0.3, 0.4) is 0 Å². The Morgan fingerprint density at radius 3 is 2.69 bits per heavy atom. The average Bonchev–Trinajstić information content (AvgIpc) is 3.42. The molecule has 5 fully saturated rings. The van der Waals surface area contributed by atoms with Crippen molar-refractivity contribution in [2.75, 3.05) is 39.8 Å². The highest BCUT2D eigenvalue weighted by atomic mass is 35.5. The highest BCUT2D eigenvalue weighted by molar-refractivity contribution is 8.00. The van der Waals surface area contributed by atoms with Crippen LogP contribution in [0, 0.1) is 17.8 Å². The maximum absolute atomic E-state index is 13.5. The summed E-state index contributed by atoms with van der Waals surface area (Å²) in [6.45, 7) is 5.97. The van der Waals surface area contributed by atoms with E-state index in [4.69, 9.17) is 16.3 Å². The van der Waals surface area contributed by atoms with Crippen molar-refractivity contribution in [3.63, 3.8) is 0 Å². The van der Waals surface area contributed by atoms with Gasteiger partial charge >= 0.3 is 0 Å². The van der Waals surface area contributed by atoms with Crippen molar-refractivity contribution in [2.45, 2.75) is 79.5 Å². The van der Waals surface area contributed by atoms with Gasteiger partial charge in [-0.25, -0.2) is 0 Å². The molecule has 0 saturated carbocycles. The molecule has 2 amide bonds. The van der Waals surface area contributed by atoms with Crippen molar-refractivity contribution in [1.29, 1.82) is 0 Å². The number of nitrogens with zero attached hydrogens (tertiary/aromatic N) is 1. The number of alkyl halides is 1. The third kappa shape index (κ3) is 5.78. The first-order valence-corrected chi connectivity index (χ1v) is 14.7. The lowest BCUT2D eigenvalue weighted by Gasteiger charge is -2.45. The number of halogens is 1. The third-order valence-corrected chi connectivity index (χ3v) is 10.2. The van der Waals surface area contributed by atoms with Crippen LogP contribution in [-0.4, -0.2) is 97.0 Å². The van der Waals surface area contributed by atoms with Gasteiger partial charge in [0.2, 0.25) is 11.8 Å². The summed E-state index contributed by atoms with van der Waals surface area (Å²) in [5, 5.41) is 17.5. The minimum Gasteiger partial charge on any atom is -0.366 e. The first-order chi connectivity index (χ1) is 16.9. The number of piperidine rings is 3. The fraction of sp³-hybridized carbons (Fsp3) is 0.917. The molecule has 5 N–H and O–H groups in total.